The van der Waals surface area contributed by atoms with Crippen molar-refractivity contribution in [3.8, 4) is 5.88 Å². The summed E-state index contributed by atoms with van der Waals surface area (Å²) in [6, 6.07) is 0. The Hall–Kier alpha value is -1.25. The smallest absolute Gasteiger partial charge is 0.355 e. The molecule has 0 saturated carbocycles. The summed E-state index contributed by atoms with van der Waals surface area (Å²) in [4.78, 5) is 0. The van der Waals surface area contributed by atoms with Crippen LogP contribution >= 0.6 is 0 Å². The third-order valence-electron chi connectivity index (χ3n) is 2.11. The molecule has 0 saturated heterocycles. The van der Waals surface area contributed by atoms with Crippen LogP contribution in [0, 0.1) is 6.92 Å². The highest BCUT2D eigenvalue weighted by atomic mass is 32.2. The number of aryl methyl sites for hydroxylation is 2. The molecular formula is C8H11F3N2O3S. The Balaban J connectivity index is 3.21. The van der Waals surface area contributed by atoms with Crippen molar-refractivity contribution in [1.29, 1.82) is 0 Å². The molecule has 0 unspecified atom stereocenters. The summed E-state index contributed by atoms with van der Waals surface area (Å²) >= 11 is 0. The van der Waals surface area contributed by atoms with E-state index in [2.05, 4.69) is 9.28 Å². The zero-order valence-corrected chi connectivity index (χ0v) is 10.2. The van der Waals surface area contributed by atoms with Crippen molar-refractivity contribution in [3.05, 3.63) is 11.3 Å². The molecule has 98 valence electrons. The van der Waals surface area contributed by atoms with Gasteiger partial charge in [0.25, 0.3) is 0 Å². The van der Waals surface area contributed by atoms with E-state index in [0.29, 0.717) is 17.7 Å². The van der Waals surface area contributed by atoms with Crippen LogP contribution in [-0.2, 0) is 23.6 Å². The minimum absolute atomic E-state index is 0.322. The van der Waals surface area contributed by atoms with E-state index < -0.39 is 21.5 Å². The molecular weight excluding hydrogens is 261 g/mol. The van der Waals surface area contributed by atoms with Gasteiger partial charge in [-0.15, -0.1) is 0 Å². The summed E-state index contributed by atoms with van der Waals surface area (Å²) in [5, 5.41) is 3.81. The second kappa shape index (κ2) is 4.21. The molecule has 0 spiro atoms. The Morgan fingerprint density at radius 2 is 1.94 bits per heavy atom. The lowest BCUT2D eigenvalue weighted by atomic mass is 10.2. The summed E-state index contributed by atoms with van der Waals surface area (Å²) in [5.41, 5.74) is -4.68. The van der Waals surface area contributed by atoms with Crippen molar-refractivity contribution in [1.82, 2.24) is 9.78 Å². The van der Waals surface area contributed by atoms with Crippen LogP contribution in [0.3, 0.4) is 0 Å². The molecule has 1 heterocycles. The predicted molar refractivity (Wildman–Crippen MR) is 52.9 cm³/mol. The zero-order valence-electron chi connectivity index (χ0n) is 9.37. The topological polar surface area (TPSA) is 61.2 Å². The van der Waals surface area contributed by atoms with E-state index in [0.717, 1.165) is 4.68 Å². The number of nitrogens with zero attached hydrogens (tertiary/aromatic N) is 2. The standard InChI is InChI=1S/C8H11F3N2O3S/c1-4-6-5(2)12-13(3)7(6)16-17(14,15)8(9,10)11/h4H2,1-3H3. The highest BCUT2D eigenvalue weighted by Gasteiger charge is 2.49. The molecule has 0 amide bonds. The first-order valence-corrected chi connectivity index (χ1v) is 6.04. The second-order valence-electron chi connectivity index (χ2n) is 3.33. The average Bonchev–Trinajstić information content (AvgIpc) is 2.39. The molecule has 0 bridgehead atoms. The van der Waals surface area contributed by atoms with Gasteiger partial charge in [-0.2, -0.15) is 26.7 Å². The molecule has 0 aliphatic carbocycles. The van der Waals surface area contributed by atoms with Crippen LogP contribution in [0.1, 0.15) is 18.2 Å². The SMILES string of the molecule is CCc1c(C)nn(C)c1OS(=O)(=O)C(F)(F)F. The minimum Gasteiger partial charge on any atom is -0.355 e. The first kappa shape index (κ1) is 13.8. The first-order chi connectivity index (χ1) is 7.60. The summed E-state index contributed by atoms with van der Waals surface area (Å²) in [7, 11) is -4.34. The largest absolute Gasteiger partial charge is 0.534 e. The van der Waals surface area contributed by atoms with Crippen molar-refractivity contribution in [3.63, 3.8) is 0 Å². The minimum atomic E-state index is -5.65. The molecule has 0 radical (unpaired) electrons. The monoisotopic (exact) mass is 272 g/mol. The fourth-order valence-electron chi connectivity index (χ4n) is 1.34. The van der Waals surface area contributed by atoms with E-state index in [-0.39, 0.29) is 0 Å². The van der Waals surface area contributed by atoms with Crippen molar-refractivity contribution in [2.24, 2.45) is 7.05 Å². The van der Waals surface area contributed by atoms with Crippen LogP contribution in [0.4, 0.5) is 13.2 Å². The molecule has 0 aliphatic rings. The Morgan fingerprint density at radius 1 is 1.41 bits per heavy atom. The fraction of sp³-hybridized carbons (Fsp3) is 0.625. The summed E-state index contributed by atoms with van der Waals surface area (Å²) < 4.78 is 63.2. The maximum absolute atomic E-state index is 12.2. The first-order valence-electron chi connectivity index (χ1n) is 4.63. The van der Waals surface area contributed by atoms with Gasteiger partial charge in [0.1, 0.15) is 0 Å². The van der Waals surface area contributed by atoms with Crippen molar-refractivity contribution < 1.29 is 25.8 Å². The molecule has 1 aromatic heterocycles. The Kier molecular flexibility index (Phi) is 3.42. The molecule has 0 aromatic carbocycles. The van der Waals surface area contributed by atoms with Gasteiger partial charge >= 0.3 is 15.6 Å². The van der Waals surface area contributed by atoms with Crippen molar-refractivity contribution >= 4 is 10.1 Å². The van der Waals surface area contributed by atoms with Gasteiger partial charge in [-0.25, -0.2) is 4.68 Å². The molecule has 0 atom stereocenters. The maximum atomic E-state index is 12.2. The Bertz CT molecular complexity index is 519. The number of aromatic nitrogens is 2. The van der Waals surface area contributed by atoms with Crippen LogP contribution < -0.4 is 4.18 Å². The summed E-state index contributed by atoms with van der Waals surface area (Å²) in [6.45, 7) is 3.23. The lowest BCUT2D eigenvalue weighted by Gasteiger charge is -2.10. The van der Waals surface area contributed by atoms with Crippen LogP contribution in [0.5, 0.6) is 5.88 Å². The molecule has 1 rings (SSSR count). The molecule has 9 heteroatoms. The van der Waals surface area contributed by atoms with Crippen LogP contribution in [0.15, 0.2) is 0 Å². The second-order valence-corrected chi connectivity index (χ2v) is 4.87. The molecule has 1 aromatic rings. The number of alkyl halides is 3. The number of rotatable bonds is 3. The van der Waals surface area contributed by atoms with Gasteiger partial charge < -0.3 is 4.18 Å². The number of halogens is 3. The maximum Gasteiger partial charge on any atom is 0.534 e. The van der Waals surface area contributed by atoms with Gasteiger partial charge in [-0.1, -0.05) is 6.92 Å². The van der Waals surface area contributed by atoms with Crippen LogP contribution in [0.2, 0.25) is 0 Å². The van der Waals surface area contributed by atoms with Gasteiger partial charge in [-0.3, -0.25) is 0 Å². The quantitative estimate of drug-likeness (QED) is 0.618. The van der Waals surface area contributed by atoms with Gasteiger partial charge in [0.05, 0.1) is 5.69 Å². The number of hydrogen-bond donors (Lipinski definition) is 0. The Morgan fingerprint density at radius 3 is 2.35 bits per heavy atom. The molecule has 0 fully saturated rings. The van der Waals surface area contributed by atoms with E-state index in [1.165, 1.54) is 7.05 Å². The van der Waals surface area contributed by atoms with Gasteiger partial charge in [0, 0.05) is 12.6 Å². The summed E-state index contributed by atoms with van der Waals surface area (Å²) in [5.74, 6) is -0.401. The van der Waals surface area contributed by atoms with E-state index in [1.807, 2.05) is 0 Å². The zero-order chi connectivity index (χ0) is 13.4. The molecule has 17 heavy (non-hydrogen) atoms. The number of hydrogen-bond acceptors (Lipinski definition) is 4. The van der Waals surface area contributed by atoms with E-state index in [1.54, 1.807) is 13.8 Å². The Labute approximate surface area is 96.3 Å². The molecule has 0 aliphatic heterocycles. The van der Waals surface area contributed by atoms with E-state index in [9.17, 15) is 21.6 Å². The van der Waals surface area contributed by atoms with Gasteiger partial charge in [0.2, 0.25) is 5.88 Å². The van der Waals surface area contributed by atoms with Crippen LogP contribution in [-0.4, -0.2) is 23.7 Å². The average molecular weight is 272 g/mol. The fourth-order valence-corrected chi connectivity index (χ4v) is 1.85. The molecule has 5 nitrogen and oxygen atoms in total. The third kappa shape index (κ3) is 2.54. The van der Waals surface area contributed by atoms with Crippen LogP contribution in [0.25, 0.3) is 0 Å². The lowest BCUT2D eigenvalue weighted by Crippen LogP contribution is -2.29. The van der Waals surface area contributed by atoms with Crippen molar-refractivity contribution in [2.45, 2.75) is 25.8 Å². The normalized spacial score (nSPS) is 12.8. The third-order valence-corrected chi connectivity index (χ3v) is 3.06. The van der Waals surface area contributed by atoms with Gasteiger partial charge in [-0.05, 0) is 13.3 Å². The predicted octanol–water partition coefficient (Wildman–Crippen LogP) is 1.52. The van der Waals surface area contributed by atoms with E-state index >= 15 is 0 Å². The van der Waals surface area contributed by atoms with E-state index in [4.69, 9.17) is 0 Å². The summed E-state index contributed by atoms with van der Waals surface area (Å²) in [6.07, 6.45) is 0.322. The molecule has 0 N–H and O–H groups in total. The highest BCUT2D eigenvalue weighted by Crippen LogP contribution is 2.29. The lowest BCUT2D eigenvalue weighted by molar-refractivity contribution is -0.0502. The van der Waals surface area contributed by atoms with Gasteiger partial charge in [0.15, 0.2) is 0 Å². The van der Waals surface area contributed by atoms with Crippen molar-refractivity contribution in [2.75, 3.05) is 0 Å². The highest BCUT2D eigenvalue weighted by molar-refractivity contribution is 7.87.